The lowest BCUT2D eigenvalue weighted by atomic mass is 10.1. The molecule has 0 fully saturated rings. The summed E-state index contributed by atoms with van der Waals surface area (Å²) in [5.74, 6) is 1.42. The van der Waals surface area contributed by atoms with Gasteiger partial charge in [0, 0.05) is 13.7 Å². The Labute approximate surface area is 94.5 Å². The van der Waals surface area contributed by atoms with E-state index in [1.54, 1.807) is 7.11 Å². The Kier molecular flexibility index (Phi) is 10.3. The van der Waals surface area contributed by atoms with Gasteiger partial charge in [0.2, 0.25) is 0 Å². The molecule has 0 saturated heterocycles. The molecule has 0 radical (unpaired) electrons. The number of hydrogen-bond acceptors (Lipinski definition) is 3. The molecule has 3 heteroatoms. The second-order valence-corrected chi connectivity index (χ2v) is 4.55. The molecule has 0 rings (SSSR count). The summed E-state index contributed by atoms with van der Waals surface area (Å²) in [4.78, 5) is 0. The van der Waals surface area contributed by atoms with Crippen LogP contribution in [0.4, 0.5) is 0 Å². The van der Waals surface area contributed by atoms with Gasteiger partial charge >= 0.3 is 0 Å². The van der Waals surface area contributed by atoms with Gasteiger partial charge in [0.15, 0.2) is 0 Å². The van der Waals surface area contributed by atoms with Gasteiger partial charge < -0.3 is 14.8 Å². The lowest BCUT2D eigenvalue weighted by molar-refractivity contribution is 0.0645. The molecule has 1 unspecified atom stereocenters. The standard InChI is InChI=1S/C12H27NO2/c1-11(2)9-13-10-12(3)5-6-15-8-7-14-4/h11-13H,5-10H2,1-4H3. The van der Waals surface area contributed by atoms with E-state index in [1.165, 1.54) is 0 Å². The predicted molar refractivity (Wildman–Crippen MR) is 64.2 cm³/mol. The van der Waals surface area contributed by atoms with Gasteiger partial charge in [-0.15, -0.1) is 0 Å². The van der Waals surface area contributed by atoms with E-state index in [0.29, 0.717) is 19.1 Å². The molecule has 0 bridgehead atoms. The monoisotopic (exact) mass is 217 g/mol. The molecule has 0 spiro atoms. The molecular weight excluding hydrogens is 190 g/mol. The lowest BCUT2D eigenvalue weighted by Gasteiger charge is -2.13. The predicted octanol–water partition coefficient (Wildman–Crippen LogP) is 1.92. The highest BCUT2D eigenvalue weighted by Gasteiger charge is 2.02. The Morgan fingerprint density at radius 1 is 1.00 bits per heavy atom. The van der Waals surface area contributed by atoms with Crippen molar-refractivity contribution in [2.75, 3.05) is 40.0 Å². The summed E-state index contributed by atoms with van der Waals surface area (Å²) in [6.45, 7) is 11.2. The number of ether oxygens (including phenoxy) is 2. The molecule has 0 heterocycles. The van der Waals surface area contributed by atoms with Gasteiger partial charge in [-0.3, -0.25) is 0 Å². The fourth-order valence-electron chi connectivity index (χ4n) is 1.25. The zero-order valence-electron chi connectivity index (χ0n) is 10.7. The van der Waals surface area contributed by atoms with Gasteiger partial charge in [-0.2, -0.15) is 0 Å². The summed E-state index contributed by atoms with van der Waals surface area (Å²) < 4.78 is 10.3. The summed E-state index contributed by atoms with van der Waals surface area (Å²) >= 11 is 0. The third-order valence-corrected chi connectivity index (χ3v) is 2.23. The first-order valence-corrected chi connectivity index (χ1v) is 5.94. The van der Waals surface area contributed by atoms with Crippen molar-refractivity contribution < 1.29 is 9.47 Å². The van der Waals surface area contributed by atoms with Crippen molar-refractivity contribution in [3.8, 4) is 0 Å². The molecule has 3 nitrogen and oxygen atoms in total. The topological polar surface area (TPSA) is 30.5 Å². The van der Waals surface area contributed by atoms with E-state index in [-0.39, 0.29) is 0 Å². The number of methoxy groups -OCH3 is 1. The van der Waals surface area contributed by atoms with Gasteiger partial charge in [-0.05, 0) is 31.3 Å². The molecule has 1 atom stereocenters. The molecule has 1 N–H and O–H groups in total. The van der Waals surface area contributed by atoms with Crippen molar-refractivity contribution >= 4 is 0 Å². The van der Waals surface area contributed by atoms with Gasteiger partial charge in [-0.1, -0.05) is 20.8 Å². The van der Waals surface area contributed by atoms with E-state index < -0.39 is 0 Å². The Morgan fingerprint density at radius 2 is 1.73 bits per heavy atom. The molecule has 15 heavy (non-hydrogen) atoms. The number of hydrogen-bond donors (Lipinski definition) is 1. The average molecular weight is 217 g/mol. The largest absolute Gasteiger partial charge is 0.382 e. The molecule has 0 aliphatic rings. The third kappa shape index (κ3) is 11.8. The Balaban J connectivity index is 3.15. The third-order valence-electron chi connectivity index (χ3n) is 2.23. The van der Waals surface area contributed by atoms with Crippen molar-refractivity contribution in [2.45, 2.75) is 27.2 Å². The van der Waals surface area contributed by atoms with E-state index >= 15 is 0 Å². The minimum absolute atomic E-state index is 0.686. The van der Waals surface area contributed by atoms with E-state index in [0.717, 1.165) is 32.0 Å². The zero-order chi connectivity index (χ0) is 11.5. The van der Waals surface area contributed by atoms with Crippen LogP contribution in [0, 0.1) is 11.8 Å². The normalized spacial score (nSPS) is 13.4. The molecule has 0 aliphatic carbocycles. The summed E-state index contributed by atoms with van der Waals surface area (Å²) in [5, 5.41) is 3.46. The zero-order valence-corrected chi connectivity index (χ0v) is 10.7. The Morgan fingerprint density at radius 3 is 2.33 bits per heavy atom. The second-order valence-electron chi connectivity index (χ2n) is 4.55. The van der Waals surface area contributed by atoms with E-state index in [9.17, 15) is 0 Å². The summed E-state index contributed by atoms with van der Waals surface area (Å²) in [5.41, 5.74) is 0. The van der Waals surface area contributed by atoms with Crippen LogP contribution < -0.4 is 5.32 Å². The van der Waals surface area contributed by atoms with Gasteiger partial charge in [0.1, 0.15) is 0 Å². The number of nitrogens with one attached hydrogen (secondary N) is 1. The molecule has 0 saturated carbocycles. The van der Waals surface area contributed by atoms with Crippen LogP contribution in [-0.4, -0.2) is 40.0 Å². The maximum absolute atomic E-state index is 5.42. The Hall–Kier alpha value is -0.120. The second kappa shape index (κ2) is 10.4. The summed E-state index contributed by atoms with van der Waals surface area (Å²) in [6.07, 6.45) is 1.12. The minimum atomic E-state index is 0.686. The fourth-order valence-corrected chi connectivity index (χ4v) is 1.25. The molecule has 0 aromatic rings. The van der Waals surface area contributed by atoms with Gasteiger partial charge in [0.25, 0.3) is 0 Å². The first kappa shape index (κ1) is 14.9. The molecule has 92 valence electrons. The fraction of sp³-hybridized carbons (Fsp3) is 1.00. The maximum Gasteiger partial charge on any atom is 0.0700 e. The minimum Gasteiger partial charge on any atom is -0.382 e. The van der Waals surface area contributed by atoms with Crippen LogP contribution in [-0.2, 0) is 9.47 Å². The highest BCUT2D eigenvalue weighted by Crippen LogP contribution is 2.00. The van der Waals surface area contributed by atoms with Crippen molar-refractivity contribution in [1.82, 2.24) is 5.32 Å². The summed E-state index contributed by atoms with van der Waals surface area (Å²) in [6, 6.07) is 0. The molecule has 0 aromatic carbocycles. The molecule has 0 amide bonds. The number of rotatable bonds is 10. The van der Waals surface area contributed by atoms with Crippen molar-refractivity contribution in [3.63, 3.8) is 0 Å². The van der Waals surface area contributed by atoms with Crippen LogP contribution in [0.5, 0.6) is 0 Å². The highest BCUT2D eigenvalue weighted by molar-refractivity contribution is 4.58. The quantitative estimate of drug-likeness (QED) is 0.567. The van der Waals surface area contributed by atoms with Gasteiger partial charge in [0.05, 0.1) is 13.2 Å². The van der Waals surface area contributed by atoms with Crippen LogP contribution in [0.1, 0.15) is 27.2 Å². The van der Waals surface area contributed by atoms with Crippen LogP contribution >= 0.6 is 0 Å². The maximum atomic E-state index is 5.42. The van der Waals surface area contributed by atoms with Crippen molar-refractivity contribution in [2.24, 2.45) is 11.8 Å². The molecule has 0 aromatic heterocycles. The van der Waals surface area contributed by atoms with E-state index in [4.69, 9.17) is 9.47 Å². The smallest absolute Gasteiger partial charge is 0.0700 e. The van der Waals surface area contributed by atoms with E-state index in [1.807, 2.05) is 0 Å². The SMILES string of the molecule is COCCOCCC(C)CNCC(C)C. The van der Waals surface area contributed by atoms with Crippen LogP contribution in [0.25, 0.3) is 0 Å². The molecular formula is C12H27NO2. The summed E-state index contributed by atoms with van der Waals surface area (Å²) in [7, 11) is 1.70. The average Bonchev–Trinajstić information content (AvgIpc) is 2.17. The van der Waals surface area contributed by atoms with Crippen LogP contribution in [0.15, 0.2) is 0 Å². The van der Waals surface area contributed by atoms with Crippen LogP contribution in [0.3, 0.4) is 0 Å². The lowest BCUT2D eigenvalue weighted by Crippen LogP contribution is -2.25. The van der Waals surface area contributed by atoms with Crippen molar-refractivity contribution in [3.05, 3.63) is 0 Å². The highest BCUT2D eigenvalue weighted by atomic mass is 16.5. The van der Waals surface area contributed by atoms with E-state index in [2.05, 4.69) is 26.1 Å². The first-order chi connectivity index (χ1) is 7.16. The van der Waals surface area contributed by atoms with Crippen LogP contribution in [0.2, 0.25) is 0 Å². The first-order valence-electron chi connectivity index (χ1n) is 5.94. The Bertz CT molecular complexity index is 129. The van der Waals surface area contributed by atoms with Crippen molar-refractivity contribution in [1.29, 1.82) is 0 Å². The molecule has 0 aliphatic heterocycles. The van der Waals surface area contributed by atoms with Gasteiger partial charge in [-0.25, -0.2) is 0 Å².